The Morgan fingerprint density at radius 3 is 2.82 bits per heavy atom. The second-order valence-corrected chi connectivity index (χ2v) is 4.93. The van der Waals surface area contributed by atoms with Gasteiger partial charge in [0.1, 0.15) is 0 Å². The molecular weight excluding hydrogens is 238 g/mol. The summed E-state index contributed by atoms with van der Waals surface area (Å²) in [6.07, 6.45) is 2.63. The Kier molecular flexibility index (Phi) is 8.56. The molecule has 2 unspecified atom stereocenters. The van der Waals surface area contributed by atoms with Gasteiger partial charge >= 0.3 is 0 Å². The average Bonchev–Trinajstić information content (AvgIpc) is 2.26. The summed E-state index contributed by atoms with van der Waals surface area (Å²) in [7, 11) is 1.79. The van der Waals surface area contributed by atoms with Crippen LogP contribution in [-0.2, 0) is 4.79 Å². The van der Waals surface area contributed by atoms with Crippen molar-refractivity contribution < 1.29 is 4.79 Å². The maximum atomic E-state index is 11.3. The van der Waals surface area contributed by atoms with Crippen LogP contribution in [0.15, 0.2) is 0 Å². The second kappa shape index (κ2) is 8.72. The van der Waals surface area contributed by atoms with Crippen molar-refractivity contribution in [1.82, 2.24) is 15.5 Å². The van der Waals surface area contributed by atoms with E-state index in [9.17, 15) is 4.79 Å². The largest absolute Gasteiger partial charge is 0.353 e. The number of hydrogen-bond donors (Lipinski definition) is 2. The van der Waals surface area contributed by atoms with Gasteiger partial charge in [0.25, 0.3) is 0 Å². The van der Waals surface area contributed by atoms with E-state index in [0.29, 0.717) is 12.6 Å². The Morgan fingerprint density at radius 1 is 1.53 bits per heavy atom. The monoisotopic (exact) mass is 263 g/mol. The van der Waals surface area contributed by atoms with E-state index in [-0.39, 0.29) is 18.3 Å². The zero-order valence-corrected chi connectivity index (χ0v) is 12.0. The van der Waals surface area contributed by atoms with E-state index in [1.165, 1.54) is 25.9 Å². The predicted molar refractivity (Wildman–Crippen MR) is 73.6 cm³/mol. The van der Waals surface area contributed by atoms with E-state index in [0.717, 1.165) is 12.5 Å². The second-order valence-electron chi connectivity index (χ2n) is 4.93. The highest BCUT2D eigenvalue weighted by Crippen LogP contribution is 2.17. The molecule has 5 heteroatoms. The van der Waals surface area contributed by atoms with Crippen molar-refractivity contribution in [2.24, 2.45) is 5.92 Å². The third-order valence-corrected chi connectivity index (χ3v) is 3.24. The number of carbonyl (C=O) groups excluding carboxylic acids is 1. The Morgan fingerprint density at radius 2 is 2.24 bits per heavy atom. The van der Waals surface area contributed by atoms with Crippen molar-refractivity contribution in [2.75, 3.05) is 33.2 Å². The molecule has 17 heavy (non-hydrogen) atoms. The van der Waals surface area contributed by atoms with E-state index in [1.54, 1.807) is 7.05 Å². The highest BCUT2D eigenvalue weighted by atomic mass is 35.5. The highest BCUT2D eigenvalue weighted by Gasteiger charge is 2.20. The fourth-order valence-electron chi connectivity index (χ4n) is 2.24. The van der Waals surface area contributed by atoms with Crippen LogP contribution in [0.25, 0.3) is 0 Å². The molecule has 0 aromatic carbocycles. The quantitative estimate of drug-likeness (QED) is 0.774. The molecule has 1 saturated heterocycles. The summed E-state index contributed by atoms with van der Waals surface area (Å²) < 4.78 is 0. The maximum absolute atomic E-state index is 11.3. The van der Waals surface area contributed by atoms with Crippen LogP contribution in [0, 0.1) is 5.92 Å². The van der Waals surface area contributed by atoms with Crippen molar-refractivity contribution in [1.29, 1.82) is 0 Å². The Balaban J connectivity index is 0.00000256. The lowest BCUT2D eigenvalue weighted by Crippen LogP contribution is -2.47. The Hall–Kier alpha value is -0.320. The molecule has 0 aliphatic carbocycles. The van der Waals surface area contributed by atoms with Gasteiger partial charge in [-0.15, -0.1) is 12.4 Å². The molecule has 2 atom stereocenters. The van der Waals surface area contributed by atoms with Crippen molar-refractivity contribution in [3.8, 4) is 0 Å². The number of nitrogens with zero attached hydrogens (tertiary/aromatic N) is 1. The van der Waals surface area contributed by atoms with Crippen LogP contribution >= 0.6 is 12.4 Å². The summed E-state index contributed by atoms with van der Waals surface area (Å²) in [5.74, 6) is 0.878. The van der Waals surface area contributed by atoms with Gasteiger partial charge in [-0.3, -0.25) is 9.69 Å². The molecule has 1 fully saturated rings. The van der Waals surface area contributed by atoms with Gasteiger partial charge in [0.15, 0.2) is 0 Å². The van der Waals surface area contributed by atoms with Crippen molar-refractivity contribution in [3.05, 3.63) is 0 Å². The number of carbonyl (C=O) groups is 1. The first-order valence-electron chi connectivity index (χ1n) is 6.28. The number of piperidine rings is 1. The molecule has 0 saturated carbocycles. The van der Waals surface area contributed by atoms with Crippen LogP contribution in [0.2, 0.25) is 0 Å². The fraction of sp³-hybridized carbons (Fsp3) is 0.917. The fourth-order valence-corrected chi connectivity index (χ4v) is 2.24. The van der Waals surface area contributed by atoms with E-state index in [1.807, 2.05) is 0 Å². The molecular formula is C12H26ClN3O. The molecule has 0 radical (unpaired) electrons. The summed E-state index contributed by atoms with van der Waals surface area (Å²) >= 11 is 0. The smallest absolute Gasteiger partial charge is 0.234 e. The lowest BCUT2D eigenvalue weighted by atomic mass is 9.99. The van der Waals surface area contributed by atoms with Crippen LogP contribution in [-0.4, -0.2) is 50.1 Å². The molecule has 1 aliphatic heterocycles. The van der Waals surface area contributed by atoms with E-state index in [4.69, 9.17) is 0 Å². The van der Waals surface area contributed by atoms with Crippen LogP contribution in [0.4, 0.5) is 0 Å². The van der Waals surface area contributed by atoms with Crippen molar-refractivity contribution in [3.63, 3.8) is 0 Å². The van der Waals surface area contributed by atoms with Gasteiger partial charge in [-0.25, -0.2) is 0 Å². The summed E-state index contributed by atoms with van der Waals surface area (Å²) in [4.78, 5) is 13.8. The molecule has 102 valence electrons. The first-order chi connectivity index (χ1) is 7.63. The number of halogens is 1. The van der Waals surface area contributed by atoms with Crippen LogP contribution in [0.3, 0.4) is 0 Å². The summed E-state index contributed by atoms with van der Waals surface area (Å²) in [6, 6.07) is 0.448. The predicted octanol–water partition coefficient (Wildman–Crippen LogP) is 0.864. The van der Waals surface area contributed by atoms with Crippen LogP contribution < -0.4 is 10.6 Å². The number of likely N-dealkylation sites (N-methyl/N-ethyl adjacent to an activating group) is 1. The zero-order valence-electron chi connectivity index (χ0n) is 11.2. The summed E-state index contributed by atoms with van der Waals surface area (Å²) in [6.45, 7) is 8.00. The molecule has 0 aromatic heterocycles. The van der Waals surface area contributed by atoms with Gasteiger partial charge in [-0.2, -0.15) is 0 Å². The van der Waals surface area contributed by atoms with E-state index < -0.39 is 0 Å². The Labute approximate surface area is 111 Å². The van der Waals surface area contributed by atoms with Crippen molar-refractivity contribution in [2.45, 2.75) is 32.7 Å². The number of likely N-dealkylation sites (tertiary alicyclic amines) is 1. The molecule has 1 aliphatic rings. The lowest BCUT2D eigenvalue weighted by molar-refractivity contribution is -0.120. The topological polar surface area (TPSA) is 44.4 Å². The molecule has 0 spiro atoms. The highest BCUT2D eigenvalue weighted by molar-refractivity contribution is 5.85. The first kappa shape index (κ1) is 16.7. The molecule has 0 aromatic rings. The minimum atomic E-state index is 0. The third-order valence-electron chi connectivity index (χ3n) is 3.24. The minimum absolute atomic E-state index is 0. The van der Waals surface area contributed by atoms with Gasteiger partial charge in [0.2, 0.25) is 5.91 Å². The molecule has 1 rings (SSSR count). The SMILES string of the molecule is CNCC(=O)NCC(C)N1CCCC(C)C1.Cl. The van der Waals surface area contributed by atoms with E-state index in [2.05, 4.69) is 29.4 Å². The summed E-state index contributed by atoms with van der Waals surface area (Å²) in [5, 5.41) is 5.80. The molecule has 4 nitrogen and oxygen atoms in total. The molecule has 1 heterocycles. The first-order valence-corrected chi connectivity index (χ1v) is 6.28. The zero-order chi connectivity index (χ0) is 12.0. The average molecular weight is 264 g/mol. The number of nitrogens with one attached hydrogen (secondary N) is 2. The van der Waals surface area contributed by atoms with Gasteiger partial charge < -0.3 is 10.6 Å². The van der Waals surface area contributed by atoms with Gasteiger partial charge in [0, 0.05) is 19.1 Å². The van der Waals surface area contributed by atoms with Gasteiger partial charge in [-0.05, 0) is 39.3 Å². The normalized spacial score (nSPS) is 22.6. The van der Waals surface area contributed by atoms with Gasteiger partial charge in [0.05, 0.1) is 6.54 Å². The third kappa shape index (κ3) is 6.24. The Bertz CT molecular complexity index is 226. The number of amides is 1. The minimum Gasteiger partial charge on any atom is -0.353 e. The number of hydrogen-bond acceptors (Lipinski definition) is 3. The van der Waals surface area contributed by atoms with Crippen LogP contribution in [0.5, 0.6) is 0 Å². The lowest BCUT2D eigenvalue weighted by Gasteiger charge is -2.35. The maximum Gasteiger partial charge on any atom is 0.234 e. The summed E-state index contributed by atoms with van der Waals surface area (Å²) in [5.41, 5.74) is 0. The number of rotatable bonds is 5. The molecule has 1 amide bonds. The van der Waals surface area contributed by atoms with Crippen LogP contribution in [0.1, 0.15) is 26.7 Å². The standard InChI is InChI=1S/C12H25N3O.ClH/c1-10-5-4-6-15(9-10)11(2)7-14-12(16)8-13-3;/h10-11,13H,4-9H2,1-3H3,(H,14,16);1H. The molecule has 0 bridgehead atoms. The molecule has 2 N–H and O–H groups in total. The van der Waals surface area contributed by atoms with Crippen molar-refractivity contribution >= 4 is 18.3 Å². The van der Waals surface area contributed by atoms with E-state index >= 15 is 0 Å². The van der Waals surface area contributed by atoms with Gasteiger partial charge in [-0.1, -0.05) is 6.92 Å².